The first kappa shape index (κ1) is 11.1. The summed E-state index contributed by atoms with van der Waals surface area (Å²) in [5.74, 6) is 0.598. The minimum atomic E-state index is 0.598. The Hall–Kier alpha value is -1.02. The number of aryl methyl sites for hydroxylation is 1. The van der Waals surface area contributed by atoms with Crippen molar-refractivity contribution in [3.8, 4) is 0 Å². The highest BCUT2D eigenvalue weighted by Crippen LogP contribution is 2.34. The van der Waals surface area contributed by atoms with E-state index in [1.807, 2.05) is 0 Å². The summed E-state index contributed by atoms with van der Waals surface area (Å²) in [5.41, 5.74) is 10.4. The average molecular weight is 230 g/mol. The van der Waals surface area contributed by atoms with Crippen LogP contribution in [0.1, 0.15) is 42.7 Å². The first-order chi connectivity index (χ1) is 8.38. The molecule has 2 heteroatoms. The molecule has 1 aliphatic carbocycles. The molecule has 1 unspecified atom stereocenters. The highest BCUT2D eigenvalue weighted by molar-refractivity contribution is 5.53. The van der Waals surface area contributed by atoms with Gasteiger partial charge in [-0.05, 0) is 67.8 Å². The second-order valence-electron chi connectivity index (χ2n) is 5.40. The van der Waals surface area contributed by atoms with Crippen LogP contribution in [0, 0.1) is 0 Å². The van der Waals surface area contributed by atoms with Gasteiger partial charge in [0.1, 0.15) is 0 Å². The van der Waals surface area contributed by atoms with Crippen LogP contribution in [0.25, 0.3) is 0 Å². The minimum absolute atomic E-state index is 0.598. The molecule has 0 amide bonds. The van der Waals surface area contributed by atoms with Crippen molar-refractivity contribution < 1.29 is 0 Å². The third kappa shape index (κ3) is 2.06. The van der Waals surface area contributed by atoms with E-state index in [1.165, 1.54) is 62.0 Å². The summed E-state index contributed by atoms with van der Waals surface area (Å²) in [5, 5.41) is 0. The Morgan fingerprint density at radius 3 is 2.76 bits per heavy atom. The Labute approximate surface area is 104 Å². The summed E-state index contributed by atoms with van der Waals surface area (Å²) in [6.45, 7) is 3.26. The van der Waals surface area contributed by atoms with Gasteiger partial charge in [-0.25, -0.2) is 0 Å². The maximum Gasteiger partial charge on any atom is 0.0369 e. The lowest BCUT2D eigenvalue weighted by Gasteiger charge is -2.27. The number of nitrogens with two attached hydrogens (primary N) is 1. The summed E-state index contributed by atoms with van der Waals surface area (Å²) in [4.78, 5) is 2.52. The van der Waals surface area contributed by atoms with Crippen molar-refractivity contribution in [2.24, 2.45) is 5.73 Å². The Balaban J connectivity index is 1.92. The molecule has 1 aromatic rings. The molecule has 2 N–H and O–H groups in total. The zero-order chi connectivity index (χ0) is 11.7. The molecule has 92 valence electrons. The molecule has 3 rings (SSSR count). The molecule has 0 radical (unpaired) electrons. The number of anilines is 1. The Kier molecular flexibility index (Phi) is 3.06. The van der Waals surface area contributed by atoms with Crippen LogP contribution in [0.15, 0.2) is 18.2 Å². The first-order valence-electron chi connectivity index (χ1n) is 6.96. The van der Waals surface area contributed by atoms with Gasteiger partial charge < -0.3 is 10.6 Å². The van der Waals surface area contributed by atoms with Crippen molar-refractivity contribution >= 4 is 5.69 Å². The second kappa shape index (κ2) is 4.69. The van der Waals surface area contributed by atoms with Crippen molar-refractivity contribution in [2.45, 2.75) is 38.0 Å². The van der Waals surface area contributed by atoms with Crippen LogP contribution in [0.3, 0.4) is 0 Å². The second-order valence-corrected chi connectivity index (χ2v) is 5.40. The zero-order valence-electron chi connectivity index (χ0n) is 10.5. The number of benzene rings is 1. The molecule has 1 fully saturated rings. The molecule has 17 heavy (non-hydrogen) atoms. The lowest BCUT2D eigenvalue weighted by atomic mass is 9.82. The SMILES string of the molecule is NCC1CCCc2ccc(N3CCCC3)cc21. The third-order valence-electron chi connectivity index (χ3n) is 4.32. The van der Waals surface area contributed by atoms with E-state index in [2.05, 4.69) is 23.1 Å². The van der Waals surface area contributed by atoms with Crippen LogP contribution in [-0.2, 0) is 6.42 Å². The maximum absolute atomic E-state index is 5.91. The van der Waals surface area contributed by atoms with E-state index in [4.69, 9.17) is 5.73 Å². The van der Waals surface area contributed by atoms with Gasteiger partial charge in [0.05, 0.1) is 0 Å². The van der Waals surface area contributed by atoms with E-state index in [0.29, 0.717) is 5.92 Å². The normalized spacial score (nSPS) is 23.8. The van der Waals surface area contributed by atoms with E-state index in [-0.39, 0.29) is 0 Å². The summed E-state index contributed by atoms with van der Waals surface area (Å²) in [6, 6.07) is 7.06. The quantitative estimate of drug-likeness (QED) is 0.846. The standard InChI is InChI=1S/C15H22N2/c16-11-13-5-3-4-12-6-7-14(10-15(12)13)17-8-1-2-9-17/h6-7,10,13H,1-5,8-9,11,16H2. The number of nitrogens with zero attached hydrogens (tertiary/aromatic N) is 1. The molecular weight excluding hydrogens is 208 g/mol. The fraction of sp³-hybridized carbons (Fsp3) is 0.600. The molecule has 0 bridgehead atoms. The molecule has 1 aromatic carbocycles. The Bertz CT molecular complexity index is 394. The van der Waals surface area contributed by atoms with Crippen molar-refractivity contribution in [3.63, 3.8) is 0 Å². The van der Waals surface area contributed by atoms with Crippen molar-refractivity contribution in [1.29, 1.82) is 0 Å². The van der Waals surface area contributed by atoms with Gasteiger partial charge in [-0.15, -0.1) is 0 Å². The number of hydrogen-bond acceptors (Lipinski definition) is 2. The molecule has 0 saturated carbocycles. The highest BCUT2D eigenvalue weighted by Gasteiger charge is 2.21. The van der Waals surface area contributed by atoms with E-state index >= 15 is 0 Å². The lowest BCUT2D eigenvalue weighted by Crippen LogP contribution is -2.21. The van der Waals surface area contributed by atoms with Gasteiger partial charge in [0.15, 0.2) is 0 Å². The van der Waals surface area contributed by atoms with Gasteiger partial charge in [0.2, 0.25) is 0 Å². The van der Waals surface area contributed by atoms with Crippen LogP contribution in [0.4, 0.5) is 5.69 Å². The third-order valence-corrected chi connectivity index (χ3v) is 4.32. The summed E-state index contributed by atoms with van der Waals surface area (Å²) < 4.78 is 0. The van der Waals surface area contributed by atoms with E-state index < -0.39 is 0 Å². The molecule has 1 saturated heterocycles. The van der Waals surface area contributed by atoms with Crippen LogP contribution in [-0.4, -0.2) is 19.6 Å². The Morgan fingerprint density at radius 2 is 2.00 bits per heavy atom. The predicted octanol–water partition coefficient (Wildman–Crippen LogP) is 2.67. The van der Waals surface area contributed by atoms with E-state index in [1.54, 1.807) is 0 Å². The van der Waals surface area contributed by atoms with Crippen LogP contribution in [0.2, 0.25) is 0 Å². The van der Waals surface area contributed by atoms with Crippen molar-refractivity contribution in [2.75, 3.05) is 24.5 Å². The van der Waals surface area contributed by atoms with Crippen LogP contribution >= 0.6 is 0 Å². The first-order valence-corrected chi connectivity index (χ1v) is 6.96. The highest BCUT2D eigenvalue weighted by atomic mass is 15.1. The fourth-order valence-electron chi connectivity index (χ4n) is 3.30. The van der Waals surface area contributed by atoms with Crippen molar-refractivity contribution in [1.82, 2.24) is 0 Å². The molecule has 1 heterocycles. The van der Waals surface area contributed by atoms with Gasteiger partial charge >= 0.3 is 0 Å². The molecular formula is C15H22N2. The molecule has 1 aliphatic heterocycles. The van der Waals surface area contributed by atoms with E-state index in [9.17, 15) is 0 Å². The smallest absolute Gasteiger partial charge is 0.0369 e. The Morgan fingerprint density at radius 1 is 1.18 bits per heavy atom. The topological polar surface area (TPSA) is 29.3 Å². The van der Waals surface area contributed by atoms with Gasteiger partial charge in [0, 0.05) is 18.8 Å². The number of fused-ring (bicyclic) bond motifs is 1. The molecule has 2 aliphatic rings. The van der Waals surface area contributed by atoms with Crippen LogP contribution in [0.5, 0.6) is 0 Å². The number of rotatable bonds is 2. The monoisotopic (exact) mass is 230 g/mol. The molecule has 0 spiro atoms. The summed E-state index contributed by atoms with van der Waals surface area (Å²) >= 11 is 0. The fourth-order valence-corrected chi connectivity index (χ4v) is 3.30. The van der Waals surface area contributed by atoms with Crippen molar-refractivity contribution in [3.05, 3.63) is 29.3 Å². The zero-order valence-corrected chi connectivity index (χ0v) is 10.5. The lowest BCUT2D eigenvalue weighted by molar-refractivity contribution is 0.560. The largest absolute Gasteiger partial charge is 0.372 e. The molecule has 1 atom stereocenters. The predicted molar refractivity (Wildman–Crippen MR) is 72.6 cm³/mol. The summed E-state index contributed by atoms with van der Waals surface area (Å²) in [7, 11) is 0. The van der Waals surface area contributed by atoms with Gasteiger partial charge in [-0.3, -0.25) is 0 Å². The summed E-state index contributed by atoms with van der Waals surface area (Å²) in [6.07, 6.45) is 6.51. The van der Waals surface area contributed by atoms with Gasteiger partial charge in [-0.2, -0.15) is 0 Å². The minimum Gasteiger partial charge on any atom is -0.372 e. The number of hydrogen-bond donors (Lipinski definition) is 1. The van der Waals surface area contributed by atoms with Gasteiger partial charge in [-0.1, -0.05) is 6.07 Å². The van der Waals surface area contributed by atoms with E-state index in [0.717, 1.165) is 6.54 Å². The molecule has 2 nitrogen and oxygen atoms in total. The average Bonchev–Trinajstić information content (AvgIpc) is 2.91. The van der Waals surface area contributed by atoms with Crippen LogP contribution < -0.4 is 10.6 Å². The van der Waals surface area contributed by atoms with Gasteiger partial charge in [0.25, 0.3) is 0 Å². The maximum atomic E-state index is 5.91. The molecule has 0 aromatic heterocycles.